The number of carbonyl (C=O) groups is 1. The lowest BCUT2D eigenvalue weighted by molar-refractivity contribution is 0.201. The highest BCUT2D eigenvalue weighted by Crippen LogP contribution is 2.21. The molecule has 0 aliphatic carbocycles. The first-order valence-corrected chi connectivity index (χ1v) is 8.45. The SMILES string of the molecule is CCCCN(CCCO)C(=O)Nc1ccc2ccn(CC)c2c1. The van der Waals surface area contributed by atoms with Gasteiger partial charge in [0.05, 0.1) is 5.52 Å². The van der Waals surface area contributed by atoms with Gasteiger partial charge in [-0.15, -0.1) is 0 Å². The number of rotatable bonds is 8. The molecule has 0 radical (unpaired) electrons. The van der Waals surface area contributed by atoms with Crippen LogP contribution in [0.4, 0.5) is 10.5 Å². The summed E-state index contributed by atoms with van der Waals surface area (Å²) in [7, 11) is 0. The van der Waals surface area contributed by atoms with Crippen molar-refractivity contribution in [1.29, 1.82) is 0 Å². The molecule has 0 aliphatic heterocycles. The van der Waals surface area contributed by atoms with Crippen LogP contribution in [-0.2, 0) is 6.54 Å². The van der Waals surface area contributed by atoms with Gasteiger partial charge in [-0.1, -0.05) is 19.4 Å². The Morgan fingerprint density at radius 3 is 2.70 bits per heavy atom. The highest BCUT2D eigenvalue weighted by molar-refractivity contribution is 5.92. The van der Waals surface area contributed by atoms with Crippen molar-refractivity contribution in [3.8, 4) is 0 Å². The van der Waals surface area contributed by atoms with Crippen LogP contribution in [0.25, 0.3) is 10.9 Å². The fourth-order valence-corrected chi connectivity index (χ4v) is 2.67. The summed E-state index contributed by atoms with van der Waals surface area (Å²) in [4.78, 5) is 14.3. The van der Waals surface area contributed by atoms with Crippen molar-refractivity contribution < 1.29 is 9.90 Å². The largest absolute Gasteiger partial charge is 0.396 e. The Morgan fingerprint density at radius 2 is 2.00 bits per heavy atom. The van der Waals surface area contributed by atoms with Gasteiger partial charge >= 0.3 is 6.03 Å². The Kier molecular flexibility index (Phi) is 6.47. The van der Waals surface area contributed by atoms with Gasteiger partial charge < -0.3 is 19.9 Å². The lowest BCUT2D eigenvalue weighted by atomic mass is 10.2. The molecule has 0 saturated heterocycles. The number of aryl methyl sites for hydroxylation is 1. The normalized spacial score (nSPS) is 10.9. The monoisotopic (exact) mass is 317 g/mol. The zero-order valence-corrected chi connectivity index (χ0v) is 14.1. The van der Waals surface area contributed by atoms with E-state index in [1.54, 1.807) is 4.90 Å². The maximum atomic E-state index is 12.5. The third-order valence-electron chi connectivity index (χ3n) is 4.02. The van der Waals surface area contributed by atoms with Crippen molar-refractivity contribution in [2.45, 2.75) is 39.7 Å². The van der Waals surface area contributed by atoms with Gasteiger partial charge in [0.15, 0.2) is 0 Å². The van der Waals surface area contributed by atoms with Gasteiger partial charge in [0, 0.05) is 38.1 Å². The molecule has 0 saturated carbocycles. The topological polar surface area (TPSA) is 57.5 Å². The number of nitrogens with one attached hydrogen (secondary N) is 1. The van der Waals surface area contributed by atoms with Gasteiger partial charge in [-0.05, 0) is 43.4 Å². The number of carbonyl (C=O) groups excluding carboxylic acids is 1. The predicted molar refractivity (Wildman–Crippen MR) is 94.8 cm³/mol. The average molecular weight is 317 g/mol. The molecule has 126 valence electrons. The van der Waals surface area contributed by atoms with Crippen molar-refractivity contribution in [1.82, 2.24) is 9.47 Å². The number of hydrogen-bond acceptors (Lipinski definition) is 2. The van der Waals surface area contributed by atoms with E-state index in [-0.39, 0.29) is 12.6 Å². The van der Waals surface area contributed by atoms with E-state index in [9.17, 15) is 4.79 Å². The number of urea groups is 1. The Labute approximate surface area is 137 Å². The average Bonchev–Trinajstić information content (AvgIpc) is 2.97. The Hall–Kier alpha value is -2.01. The number of amides is 2. The van der Waals surface area contributed by atoms with Crippen molar-refractivity contribution in [2.24, 2.45) is 0 Å². The summed E-state index contributed by atoms with van der Waals surface area (Å²) in [5.41, 5.74) is 1.93. The van der Waals surface area contributed by atoms with Crippen molar-refractivity contribution >= 4 is 22.6 Å². The maximum absolute atomic E-state index is 12.5. The minimum absolute atomic E-state index is 0.0964. The summed E-state index contributed by atoms with van der Waals surface area (Å²) in [5, 5.41) is 13.2. The zero-order valence-electron chi connectivity index (χ0n) is 14.1. The summed E-state index contributed by atoms with van der Waals surface area (Å²) in [6, 6.07) is 7.96. The maximum Gasteiger partial charge on any atom is 0.321 e. The van der Waals surface area contributed by atoms with Crippen LogP contribution >= 0.6 is 0 Å². The molecule has 23 heavy (non-hydrogen) atoms. The first-order chi connectivity index (χ1) is 11.2. The van der Waals surface area contributed by atoms with Crippen molar-refractivity contribution in [2.75, 3.05) is 25.0 Å². The van der Waals surface area contributed by atoms with Gasteiger partial charge in [0.25, 0.3) is 0 Å². The van der Waals surface area contributed by atoms with Crippen molar-refractivity contribution in [3.05, 3.63) is 30.5 Å². The van der Waals surface area contributed by atoms with Gasteiger partial charge in [0.2, 0.25) is 0 Å². The minimum Gasteiger partial charge on any atom is -0.396 e. The number of fused-ring (bicyclic) bond motifs is 1. The first-order valence-electron chi connectivity index (χ1n) is 8.45. The molecule has 0 aliphatic rings. The number of unbranched alkanes of at least 4 members (excludes halogenated alkanes) is 1. The summed E-state index contributed by atoms with van der Waals surface area (Å²) >= 11 is 0. The van der Waals surface area contributed by atoms with E-state index in [4.69, 9.17) is 5.11 Å². The Balaban J connectivity index is 2.10. The van der Waals surface area contributed by atoms with Crippen LogP contribution in [0.2, 0.25) is 0 Å². The molecule has 5 heteroatoms. The number of nitrogens with zero attached hydrogens (tertiary/aromatic N) is 2. The van der Waals surface area contributed by atoms with E-state index in [0.717, 1.165) is 37.1 Å². The number of aromatic nitrogens is 1. The summed E-state index contributed by atoms with van der Waals surface area (Å²) in [6.45, 7) is 6.51. The smallest absolute Gasteiger partial charge is 0.321 e. The highest BCUT2D eigenvalue weighted by atomic mass is 16.3. The molecule has 0 fully saturated rings. The molecule has 1 aromatic heterocycles. The first kappa shape index (κ1) is 17.3. The number of hydrogen-bond donors (Lipinski definition) is 2. The lowest BCUT2D eigenvalue weighted by Crippen LogP contribution is -2.36. The van der Waals surface area contributed by atoms with E-state index in [1.807, 2.05) is 18.2 Å². The number of aliphatic hydroxyl groups excluding tert-OH is 1. The van der Waals surface area contributed by atoms with Gasteiger partial charge in [-0.2, -0.15) is 0 Å². The zero-order chi connectivity index (χ0) is 16.7. The molecule has 0 unspecified atom stereocenters. The molecule has 1 heterocycles. The molecular weight excluding hydrogens is 290 g/mol. The number of aliphatic hydroxyl groups is 1. The second-order valence-electron chi connectivity index (χ2n) is 5.72. The fraction of sp³-hybridized carbons (Fsp3) is 0.500. The fourth-order valence-electron chi connectivity index (χ4n) is 2.67. The lowest BCUT2D eigenvalue weighted by Gasteiger charge is -2.22. The molecule has 2 aromatic rings. The second kappa shape index (κ2) is 8.58. The standard InChI is InChI=1S/C18H27N3O2/c1-3-5-10-21(11-6-13-22)18(23)19-16-8-7-15-9-12-20(4-2)17(15)14-16/h7-9,12,14,22H,3-6,10-11,13H2,1-2H3,(H,19,23). The summed E-state index contributed by atoms with van der Waals surface area (Å²) in [6.07, 6.45) is 4.68. The van der Waals surface area contributed by atoms with Gasteiger partial charge in [-0.3, -0.25) is 0 Å². The van der Waals surface area contributed by atoms with E-state index < -0.39 is 0 Å². The highest BCUT2D eigenvalue weighted by Gasteiger charge is 2.13. The number of anilines is 1. The molecule has 0 atom stereocenters. The third kappa shape index (κ3) is 4.48. The van der Waals surface area contributed by atoms with E-state index in [0.29, 0.717) is 13.0 Å². The molecule has 5 nitrogen and oxygen atoms in total. The van der Waals surface area contributed by atoms with Crippen LogP contribution in [0.1, 0.15) is 33.1 Å². The van der Waals surface area contributed by atoms with Crippen LogP contribution in [0.5, 0.6) is 0 Å². The van der Waals surface area contributed by atoms with Crippen LogP contribution in [-0.4, -0.2) is 40.3 Å². The van der Waals surface area contributed by atoms with Crippen LogP contribution in [0.3, 0.4) is 0 Å². The van der Waals surface area contributed by atoms with Crippen molar-refractivity contribution in [3.63, 3.8) is 0 Å². The number of benzene rings is 1. The van der Waals surface area contributed by atoms with Crippen LogP contribution < -0.4 is 5.32 Å². The van der Waals surface area contributed by atoms with Crippen LogP contribution in [0.15, 0.2) is 30.5 Å². The molecule has 2 rings (SSSR count). The third-order valence-corrected chi connectivity index (χ3v) is 4.02. The van der Waals surface area contributed by atoms with E-state index in [2.05, 4.69) is 36.0 Å². The molecule has 2 amide bonds. The molecule has 2 N–H and O–H groups in total. The minimum atomic E-state index is -0.0964. The predicted octanol–water partition coefficient (Wildman–Crippen LogP) is 3.68. The van der Waals surface area contributed by atoms with Gasteiger partial charge in [0.1, 0.15) is 0 Å². The van der Waals surface area contributed by atoms with Crippen LogP contribution in [0, 0.1) is 0 Å². The summed E-state index contributed by atoms with van der Waals surface area (Å²) < 4.78 is 2.16. The molecular formula is C18H27N3O2. The Bertz CT molecular complexity index is 628. The molecule has 1 aromatic carbocycles. The van der Waals surface area contributed by atoms with E-state index >= 15 is 0 Å². The summed E-state index contributed by atoms with van der Waals surface area (Å²) in [5.74, 6) is 0. The Morgan fingerprint density at radius 1 is 1.22 bits per heavy atom. The van der Waals surface area contributed by atoms with Gasteiger partial charge in [-0.25, -0.2) is 4.79 Å². The molecule has 0 bridgehead atoms. The molecule has 0 spiro atoms. The van der Waals surface area contributed by atoms with E-state index in [1.165, 1.54) is 5.39 Å². The quantitative estimate of drug-likeness (QED) is 0.780. The second-order valence-corrected chi connectivity index (χ2v) is 5.72.